The molecule has 0 saturated carbocycles. The molecule has 0 radical (unpaired) electrons. The van der Waals surface area contributed by atoms with Crippen molar-refractivity contribution in [3.05, 3.63) is 0 Å². The number of aliphatic carboxylic acids is 1. The van der Waals surface area contributed by atoms with Crippen molar-refractivity contribution in [3.63, 3.8) is 0 Å². The van der Waals surface area contributed by atoms with Gasteiger partial charge in [0.25, 0.3) is 0 Å². The first-order valence-corrected chi connectivity index (χ1v) is 6.27. The monoisotopic (exact) mass is 218 g/mol. The maximum atomic E-state index is 10.8. The SMILES string of the molecule is CCOC1(CC(=O)O)CCCSCC1. The van der Waals surface area contributed by atoms with E-state index >= 15 is 0 Å². The van der Waals surface area contributed by atoms with Crippen molar-refractivity contribution in [1.29, 1.82) is 0 Å². The molecule has 3 nitrogen and oxygen atoms in total. The standard InChI is InChI=1S/C10H18O3S/c1-2-13-10(8-9(11)12)4-3-6-14-7-5-10/h2-8H2,1H3,(H,11,12). The number of thioether (sulfide) groups is 1. The largest absolute Gasteiger partial charge is 0.481 e. The zero-order valence-electron chi connectivity index (χ0n) is 8.62. The summed E-state index contributed by atoms with van der Waals surface area (Å²) in [6.07, 6.45) is 2.98. The van der Waals surface area contributed by atoms with Crippen LogP contribution in [0.4, 0.5) is 0 Å². The van der Waals surface area contributed by atoms with Crippen LogP contribution in [0.15, 0.2) is 0 Å². The molecule has 0 aromatic heterocycles. The number of rotatable bonds is 4. The van der Waals surface area contributed by atoms with Crippen molar-refractivity contribution >= 4 is 17.7 Å². The molecule has 82 valence electrons. The van der Waals surface area contributed by atoms with Crippen LogP contribution in [0.1, 0.15) is 32.6 Å². The lowest BCUT2D eigenvalue weighted by atomic mass is 9.91. The van der Waals surface area contributed by atoms with Gasteiger partial charge in [-0.1, -0.05) is 0 Å². The highest BCUT2D eigenvalue weighted by Crippen LogP contribution is 2.32. The Morgan fingerprint density at radius 2 is 2.29 bits per heavy atom. The van der Waals surface area contributed by atoms with Crippen LogP contribution in [0.2, 0.25) is 0 Å². The Balaban J connectivity index is 2.61. The van der Waals surface area contributed by atoms with Crippen LogP contribution in [0.3, 0.4) is 0 Å². The number of hydrogen-bond donors (Lipinski definition) is 1. The lowest BCUT2D eigenvalue weighted by Gasteiger charge is -2.30. The van der Waals surface area contributed by atoms with Crippen LogP contribution in [-0.2, 0) is 9.53 Å². The topological polar surface area (TPSA) is 46.5 Å². The average Bonchev–Trinajstić information content (AvgIpc) is 2.30. The molecule has 1 unspecified atom stereocenters. The van der Waals surface area contributed by atoms with Gasteiger partial charge in [0.15, 0.2) is 0 Å². The second-order valence-electron chi connectivity index (χ2n) is 3.65. The summed E-state index contributed by atoms with van der Waals surface area (Å²) < 4.78 is 5.67. The van der Waals surface area contributed by atoms with Crippen LogP contribution in [0, 0.1) is 0 Å². The minimum atomic E-state index is -0.745. The third-order valence-corrected chi connectivity index (χ3v) is 3.62. The Labute approximate surface area is 89.2 Å². The molecule has 1 aliphatic heterocycles. The Bertz CT molecular complexity index is 186. The number of carboxylic acid groups (broad SMARTS) is 1. The van der Waals surface area contributed by atoms with Crippen LogP contribution in [0.5, 0.6) is 0 Å². The average molecular weight is 218 g/mol. The zero-order chi connectivity index (χ0) is 10.4. The second kappa shape index (κ2) is 5.61. The van der Waals surface area contributed by atoms with Crippen molar-refractivity contribution in [3.8, 4) is 0 Å². The minimum Gasteiger partial charge on any atom is -0.481 e. The van der Waals surface area contributed by atoms with Crippen LogP contribution in [-0.4, -0.2) is 34.8 Å². The predicted octanol–water partition coefficient (Wildman–Crippen LogP) is 2.15. The molecule has 1 rings (SSSR count). The molecule has 1 heterocycles. The summed E-state index contributed by atoms with van der Waals surface area (Å²) in [4.78, 5) is 10.8. The van der Waals surface area contributed by atoms with E-state index in [4.69, 9.17) is 9.84 Å². The molecule has 1 saturated heterocycles. The first-order chi connectivity index (χ1) is 6.68. The normalized spacial score (nSPS) is 28.4. The van der Waals surface area contributed by atoms with E-state index in [0.717, 1.165) is 30.8 Å². The molecule has 0 bridgehead atoms. The Hall–Kier alpha value is -0.220. The van der Waals surface area contributed by atoms with Crippen molar-refractivity contribution in [2.75, 3.05) is 18.1 Å². The van der Waals surface area contributed by atoms with E-state index in [-0.39, 0.29) is 12.0 Å². The fraction of sp³-hybridized carbons (Fsp3) is 0.900. The van der Waals surface area contributed by atoms with Crippen LogP contribution < -0.4 is 0 Å². The summed E-state index contributed by atoms with van der Waals surface area (Å²) in [5.41, 5.74) is -0.385. The molecule has 0 aliphatic carbocycles. The van der Waals surface area contributed by atoms with Gasteiger partial charge in [0.05, 0.1) is 12.0 Å². The number of hydrogen-bond acceptors (Lipinski definition) is 3. The smallest absolute Gasteiger partial charge is 0.306 e. The number of ether oxygens (including phenoxy) is 1. The Morgan fingerprint density at radius 3 is 2.93 bits per heavy atom. The summed E-state index contributed by atoms with van der Waals surface area (Å²) in [6, 6.07) is 0. The molecule has 1 fully saturated rings. The van der Waals surface area contributed by atoms with Gasteiger partial charge in [-0.25, -0.2) is 0 Å². The first-order valence-electron chi connectivity index (χ1n) is 5.12. The van der Waals surface area contributed by atoms with Gasteiger partial charge in [0, 0.05) is 6.61 Å². The summed E-state index contributed by atoms with van der Waals surface area (Å²) in [7, 11) is 0. The van der Waals surface area contributed by atoms with Gasteiger partial charge in [0.1, 0.15) is 0 Å². The third kappa shape index (κ3) is 3.50. The number of carbonyl (C=O) groups is 1. The number of carboxylic acids is 1. The highest BCUT2D eigenvalue weighted by Gasteiger charge is 2.33. The molecule has 1 aliphatic rings. The predicted molar refractivity (Wildman–Crippen MR) is 57.8 cm³/mol. The van der Waals surface area contributed by atoms with Gasteiger partial charge in [-0.3, -0.25) is 4.79 Å². The van der Waals surface area contributed by atoms with Crippen molar-refractivity contribution < 1.29 is 14.6 Å². The molecular weight excluding hydrogens is 200 g/mol. The molecule has 1 N–H and O–H groups in total. The lowest BCUT2D eigenvalue weighted by Crippen LogP contribution is -2.35. The Morgan fingerprint density at radius 1 is 1.50 bits per heavy atom. The zero-order valence-corrected chi connectivity index (χ0v) is 9.44. The van der Waals surface area contributed by atoms with Gasteiger partial charge < -0.3 is 9.84 Å². The third-order valence-electron chi connectivity index (χ3n) is 2.55. The lowest BCUT2D eigenvalue weighted by molar-refractivity contribution is -0.146. The molecule has 0 aromatic carbocycles. The fourth-order valence-corrected chi connectivity index (χ4v) is 3.00. The van der Waals surface area contributed by atoms with E-state index in [2.05, 4.69) is 0 Å². The summed E-state index contributed by atoms with van der Waals surface area (Å²) in [5, 5.41) is 8.86. The molecule has 4 heteroatoms. The quantitative estimate of drug-likeness (QED) is 0.785. The van der Waals surface area contributed by atoms with Crippen LogP contribution in [0.25, 0.3) is 0 Å². The maximum Gasteiger partial charge on any atom is 0.306 e. The Kier molecular flexibility index (Phi) is 4.75. The molecule has 0 aromatic rings. The molecular formula is C10H18O3S. The second-order valence-corrected chi connectivity index (χ2v) is 4.88. The van der Waals surface area contributed by atoms with Gasteiger partial charge in [0.2, 0.25) is 0 Å². The van der Waals surface area contributed by atoms with Gasteiger partial charge in [-0.2, -0.15) is 11.8 Å². The highest BCUT2D eigenvalue weighted by molar-refractivity contribution is 7.99. The first kappa shape index (κ1) is 11.9. The van der Waals surface area contributed by atoms with Crippen molar-refractivity contribution in [2.45, 2.75) is 38.2 Å². The van der Waals surface area contributed by atoms with E-state index in [9.17, 15) is 4.79 Å². The van der Waals surface area contributed by atoms with E-state index in [0.29, 0.717) is 6.61 Å². The summed E-state index contributed by atoms with van der Waals surface area (Å²) >= 11 is 1.90. The van der Waals surface area contributed by atoms with Crippen molar-refractivity contribution in [1.82, 2.24) is 0 Å². The van der Waals surface area contributed by atoms with Gasteiger partial charge >= 0.3 is 5.97 Å². The van der Waals surface area contributed by atoms with Gasteiger partial charge in [-0.05, 0) is 37.7 Å². The fourth-order valence-electron chi connectivity index (χ4n) is 1.94. The van der Waals surface area contributed by atoms with E-state index < -0.39 is 5.97 Å². The van der Waals surface area contributed by atoms with Crippen molar-refractivity contribution in [2.24, 2.45) is 0 Å². The molecule has 1 atom stereocenters. The van der Waals surface area contributed by atoms with E-state index in [1.54, 1.807) is 0 Å². The van der Waals surface area contributed by atoms with Gasteiger partial charge in [-0.15, -0.1) is 0 Å². The maximum absolute atomic E-state index is 10.8. The molecule has 0 amide bonds. The van der Waals surface area contributed by atoms with Crippen LogP contribution >= 0.6 is 11.8 Å². The summed E-state index contributed by atoms with van der Waals surface area (Å²) in [5.74, 6) is 1.41. The van der Waals surface area contributed by atoms with E-state index in [1.807, 2.05) is 18.7 Å². The minimum absolute atomic E-state index is 0.154. The van der Waals surface area contributed by atoms with E-state index in [1.165, 1.54) is 0 Å². The molecule has 14 heavy (non-hydrogen) atoms. The highest BCUT2D eigenvalue weighted by atomic mass is 32.2. The molecule has 0 spiro atoms. The summed E-state index contributed by atoms with van der Waals surface area (Å²) in [6.45, 7) is 2.54.